The van der Waals surface area contributed by atoms with Gasteiger partial charge in [0.05, 0.1) is 19.8 Å². The van der Waals surface area contributed by atoms with E-state index in [4.69, 9.17) is 9.05 Å². The van der Waals surface area contributed by atoms with Crippen LogP contribution in [-0.2, 0) is 39.3 Å². The summed E-state index contributed by atoms with van der Waals surface area (Å²) < 4.78 is 63.4. The van der Waals surface area contributed by atoms with Crippen LogP contribution in [0.25, 0.3) is 0 Å². The largest absolute Gasteiger partial charge is 0.422 e. The molecule has 0 aliphatic heterocycles. The fraction of sp³-hybridized carbons (Fsp3) is 0.500. The van der Waals surface area contributed by atoms with E-state index >= 15 is 0 Å². The zero-order chi connectivity index (χ0) is 17.3. The van der Waals surface area contributed by atoms with Crippen LogP contribution in [0.1, 0.15) is 19.4 Å². The minimum absolute atomic E-state index is 0.00124. The Hall–Kier alpha value is -0.660. The molecule has 1 rings (SSSR count). The van der Waals surface area contributed by atoms with E-state index in [9.17, 15) is 17.5 Å². The van der Waals surface area contributed by atoms with Gasteiger partial charge in [-0.15, -0.1) is 0 Å². The van der Waals surface area contributed by atoms with E-state index in [0.29, 0.717) is 9.64 Å². The van der Waals surface area contributed by atoms with E-state index in [1.165, 1.54) is 0 Å². The fourth-order valence-corrected chi connectivity index (χ4v) is 5.85. The van der Waals surface area contributed by atoms with Crippen LogP contribution in [-0.4, -0.2) is 31.6 Å². The maximum absolute atomic E-state index is 12.9. The van der Waals surface area contributed by atoms with Crippen LogP contribution >= 0.6 is 16.4 Å². The Labute approximate surface area is 137 Å². The third-order valence-corrected chi connectivity index (χ3v) is 7.39. The van der Waals surface area contributed by atoms with Crippen LogP contribution < -0.4 is 0 Å². The zero-order valence-corrected chi connectivity index (χ0v) is 15.4. The van der Waals surface area contributed by atoms with E-state index < -0.39 is 32.4 Å². The Kier molecular flexibility index (Phi) is 8.50. The van der Waals surface area contributed by atoms with Crippen LogP contribution in [0.15, 0.2) is 30.3 Å². The first kappa shape index (κ1) is 20.4. The van der Waals surface area contributed by atoms with E-state index in [2.05, 4.69) is 4.52 Å². The Balaban J connectivity index is 3.23. The van der Waals surface area contributed by atoms with Gasteiger partial charge in [0.25, 0.3) is 0 Å². The molecule has 0 fully saturated rings. The van der Waals surface area contributed by atoms with Crippen molar-refractivity contribution in [2.45, 2.75) is 20.4 Å². The van der Waals surface area contributed by atoms with E-state index in [-0.39, 0.29) is 19.8 Å². The Morgan fingerprint density at radius 1 is 1.13 bits per heavy atom. The lowest BCUT2D eigenvalue weighted by Gasteiger charge is -2.28. The molecule has 0 aliphatic rings. The van der Waals surface area contributed by atoms with Crippen LogP contribution in [0.2, 0.25) is 0 Å². The normalized spacial score (nSPS) is 12.8. The average molecular weight is 383 g/mol. The first-order valence-electron chi connectivity index (χ1n) is 6.78. The maximum Gasteiger partial charge on any atom is 0.422 e. The van der Waals surface area contributed by atoms with Crippen LogP contribution in [0.5, 0.6) is 0 Å². The summed E-state index contributed by atoms with van der Waals surface area (Å²) in [5.74, 6) is -0.908. The minimum Gasteiger partial charge on any atom is -0.296 e. The molecule has 0 aromatic heterocycles. The van der Waals surface area contributed by atoms with Gasteiger partial charge in [-0.25, -0.2) is 17.5 Å². The minimum atomic E-state index is -4.19. The monoisotopic (exact) mass is 383 g/mol. The molecule has 8 nitrogen and oxygen atoms in total. The Morgan fingerprint density at radius 2 is 1.70 bits per heavy atom. The molecular weight excluding hydrogens is 364 g/mol. The molecule has 23 heavy (non-hydrogen) atoms. The van der Waals surface area contributed by atoms with Crippen molar-refractivity contribution in [3.05, 3.63) is 35.9 Å². The second-order valence-electron chi connectivity index (χ2n) is 4.20. The summed E-state index contributed by atoms with van der Waals surface area (Å²) in [6.45, 7) is 2.93. The number of hydrogen-bond acceptors (Lipinski definition) is 7. The molecule has 0 aliphatic carbocycles. The van der Waals surface area contributed by atoms with Crippen molar-refractivity contribution in [3.63, 3.8) is 0 Å². The van der Waals surface area contributed by atoms with Crippen molar-refractivity contribution >= 4 is 26.5 Å². The number of nitrogens with zero attached hydrogens (tertiary/aromatic N) is 1. The smallest absolute Gasteiger partial charge is 0.296 e. The van der Waals surface area contributed by atoms with Crippen molar-refractivity contribution in [1.82, 2.24) is 4.08 Å². The van der Waals surface area contributed by atoms with Gasteiger partial charge in [-0.1, -0.05) is 34.4 Å². The summed E-state index contributed by atoms with van der Waals surface area (Å²) in [5, 5.41) is 0. The van der Waals surface area contributed by atoms with Crippen molar-refractivity contribution in [2.75, 3.05) is 19.2 Å². The highest BCUT2D eigenvalue weighted by Crippen LogP contribution is 2.54. The summed E-state index contributed by atoms with van der Waals surface area (Å²) in [6, 6.07) is 8.57. The summed E-state index contributed by atoms with van der Waals surface area (Å²) in [4.78, 5) is 0. The second kappa shape index (κ2) is 9.59. The Bertz CT molecular complexity index is 628. The third-order valence-electron chi connectivity index (χ3n) is 2.59. The lowest BCUT2D eigenvalue weighted by Crippen LogP contribution is -2.32. The molecule has 130 valence electrons. The molecule has 0 amide bonds. The van der Waals surface area contributed by atoms with Crippen molar-refractivity contribution < 1.29 is 31.1 Å². The van der Waals surface area contributed by atoms with Gasteiger partial charge in [-0.2, -0.15) is 0 Å². The van der Waals surface area contributed by atoms with E-state index in [1.54, 1.807) is 44.2 Å². The first-order chi connectivity index (χ1) is 10.9. The third kappa shape index (κ3) is 6.04. The van der Waals surface area contributed by atoms with E-state index in [0.717, 1.165) is 0 Å². The standard InChI is InChI=1S/C12H19NO7P2S/c1-3-19-22(15,20-4-2)13(23(16,17)11-18-21-14)10-12-8-6-5-7-9-12/h5-9H,3-4,10-11H2,1-2H3. The molecule has 0 heterocycles. The highest BCUT2D eigenvalue weighted by Gasteiger charge is 2.42. The van der Waals surface area contributed by atoms with E-state index in [1.807, 2.05) is 0 Å². The number of rotatable bonds is 11. The molecule has 0 unspecified atom stereocenters. The van der Waals surface area contributed by atoms with Crippen LogP contribution in [0.4, 0.5) is 0 Å². The van der Waals surface area contributed by atoms with Gasteiger partial charge in [0, 0.05) is 0 Å². The van der Waals surface area contributed by atoms with Gasteiger partial charge in [0.1, 0.15) is 0 Å². The molecule has 0 atom stereocenters. The summed E-state index contributed by atoms with van der Waals surface area (Å²) in [7, 11) is -9.08. The summed E-state index contributed by atoms with van der Waals surface area (Å²) in [6.07, 6.45) is 0. The molecule has 0 bridgehead atoms. The fourth-order valence-electron chi connectivity index (χ4n) is 1.72. The summed E-state index contributed by atoms with van der Waals surface area (Å²) in [5.41, 5.74) is 0.593. The van der Waals surface area contributed by atoms with Crippen molar-refractivity contribution in [2.24, 2.45) is 0 Å². The molecular formula is C12H19NO7P2S. The second-order valence-corrected chi connectivity index (χ2v) is 8.66. The van der Waals surface area contributed by atoms with Gasteiger partial charge >= 0.3 is 16.4 Å². The van der Waals surface area contributed by atoms with Gasteiger partial charge in [-0.3, -0.25) is 13.6 Å². The van der Waals surface area contributed by atoms with Gasteiger partial charge in [0.15, 0.2) is 5.94 Å². The topological polar surface area (TPSA) is 99.2 Å². The molecule has 11 heteroatoms. The molecule has 0 saturated carbocycles. The predicted octanol–water partition coefficient (Wildman–Crippen LogP) is 3.18. The average Bonchev–Trinajstić information content (AvgIpc) is 2.52. The predicted molar refractivity (Wildman–Crippen MR) is 85.3 cm³/mol. The molecule has 0 spiro atoms. The van der Waals surface area contributed by atoms with Crippen LogP contribution in [0, 0.1) is 0 Å². The Morgan fingerprint density at radius 3 is 2.17 bits per heavy atom. The van der Waals surface area contributed by atoms with Gasteiger partial charge < -0.3 is 0 Å². The summed E-state index contributed by atoms with van der Waals surface area (Å²) >= 11 is 0. The number of benzene rings is 1. The SMILES string of the molecule is CCOP(=O)(OCC)N(Cc1ccccc1)S(=O)(=O)COP=O. The lowest BCUT2D eigenvalue weighted by molar-refractivity contribution is 0.188. The molecule has 1 aromatic carbocycles. The molecule has 0 radical (unpaired) electrons. The number of sulfonamides is 1. The van der Waals surface area contributed by atoms with Gasteiger partial charge in [0.2, 0.25) is 10.0 Å². The van der Waals surface area contributed by atoms with Crippen molar-refractivity contribution in [3.8, 4) is 0 Å². The van der Waals surface area contributed by atoms with Crippen LogP contribution in [0.3, 0.4) is 0 Å². The quantitative estimate of drug-likeness (QED) is 0.541. The zero-order valence-electron chi connectivity index (χ0n) is 12.8. The molecule has 1 aromatic rings. The lowest BCUT2D eigenvalue weighted by atomic mass is 10.2. The first-order valence-corrected chi connectivity index (χ1v) is 10.6. The number of hydrogen-bond donors (Lipinski definition) is 0. The highest BCUT2D eigenvalue weighted by molar-refractivity contribution is 7.94. The maximum atomic E-state index is 12.9. The molecule has 0 N–H and O–H groups in total. The van der Waals surface area contributed by atoms with Gasteiger partial charge in [-0.05, 0) is 19.4 Å². The highest BCUT2D eigenvalue weighted by atomic mass is 32.2. The van der Waals surface area contributed by atoms with Crippen molar-refractivity contribution in [1.29, 1.82) is 0 Å². The molecule has 0 saturated heterocycles.